The quantitative estimate of drug-likeness (QED) is 0.471. The van der Waals surface area contributed by atoms with Gasteiger partial charge in [-0.2, -0.15) is 0 Å². The number of hydrogen-bond donors (Lipinski definition) is 0. The van der Waals surface area contributed by atoms with Crippen LogP contribution in [0.5, 0.6) is 0 Å². The lowest BCUT2D eigenvalue weighted by atomic mass is 9.84. The zero-order valence-electron chi connectivity index (χ0n) is 12.9. The van der Waals surface area contributed by atoms with Crippen LogP contribution in [0.2, 0.25) is 0 Å². The van der Waals surface area contributed by atoms with E-state index in [-0.39, 0.29) is 10.9 Å². The second kappa shape index (κ2) is 8.32. The van der Waals surface area contributed by atoms with E-state index in [9.17, 15) is 9.36 Å². The van der Waals surface area contributed by atoms with Crippen molar-refractivity contribution in [2.75, 3.05) is 0 Å². The maximum Gasteiger partial charge on any atom is 0.453 e. The molecule has 1 unspecified atom stereocenters. The molecule has 0 fully saturated rings. The summed E-state index contributed by atoms with van der Waals surface area (Å²) >= 11 is 0. The summed E-state index contributed by atoms with van der Waals surface area (Å²) < 4.78 is 12.2. The van der Waals surface area contributed by atoms with Crippen LogP contribution in [0.1, 0.15) is 59.3 Å². The first-order valence-corrected chi connectivity index (χ1v) is 8.77. The standard InChI is InChI=1S/C17H26O2P/c1-4-5-6-10-13-17(2,3)14-16(18)20(19)15-11-8-7-9-12-15/h7-9,11-12H,4-6,10,13-14H2,1-3H3/q+1. The highest BCUT2D eigenvalue weighted by Crippen LogP contribution is 2.34. The average Bonchev–Trinajstić information content (AvgIpc) is 2.43. The molecule has 0 spiro atoms. The summed E-state index contributed by atoms with van der Waals surface area (Å²) in [6.45, 7) is 6.40. The van der Waals surface area contributed by atoms with E-state index < -0.39 is 7.80 Å². The van der Waals surface area contributed by atoms with Crippen LogP contribution in [-0.4, -0.2) is 5.52 Å². The highest BCUT2D eigenvalue weighted by Gasteiger charge is 2.35. The van der Waals surface area contributed by atoms with Gasteiger partial charge in [0.05, 0.1) is 6.42 Å². The Bertz CT molecular complexity index is 438. The molecular formula is C17H26O2P+. The van der Waals surface area contributed by atoms with Gasteiger partial charge in [0.25, 0.3) is 0 Å². The number of hydrogen-bond acceptors (Lipinski definition) is 2. The van der Waals surface area contributed by atoms with Crippen molar-refractivity contribution in [3.05, 3.63) is 30.3 Å². The number of carbonyl (C=O) groups excluding carboxylic acids is 1. The molecule has 1 aromatic rings. The van der Waals surface area contributed by atoms with Crippen LogP contribution in [0.15, 0.2) is 30.3 Å². The van der Waals surface area contributed by atoms with Crippen LogP contribution < -0.4 is 5.30 Å². The largest absolute Gasteiger partial charge is 0.453 e. The van der Waals surface area contributed by atoms with Crippen LogP contribution >= 0.6 is 7.80 Å². The monoisotopic (exact) mass is 293 g/mol. The minimum Gasteiger partial charge on any atom is -0.240 e. The fourth-order valence-electron chi connectivity index (χ4n) is 2.31. The Kier molecular flexibility index (Phi) is 7.09. The van der Waals surface area contributed by atoms with Gasteiger partial charge in [-0.25, -0.2) is 4.79 Å². The molecule has 110 valence electrons. The number of carbonyl (C=O) groups is 1. The predicted octanol–water partition coefficient (Wildman–Crippen LogP) is 5.05. The topological polar surface area (TPSA) is 34.1 Å². The van der Waals surface area contributed by atoms with Crippen molar-refractivity contribution in [1.82, 2.24) is 0 Å². The van der Waals surface area contributed by atoms with Gasteiger partial charge in [-0.05, 0) is 24.0 Å². The van der Waals surface area contributed by atoms with Crippen LogP contribution in [-0.2, 0) is 9.36 Å². The lowest BCUT2D eigenvalue weighted by Crippen LogP contribution is -2.17. The van der Waals surface area contributed by atoms with Crippen molar-refractivity contribution in [2.45, 2.75) is 59.3 Å². The van der Waals surface area contributed by atoms with E-state index >= 15 is 0 Å². The van der Waals surface area contributed by atoms with E-state index in [4.69, 9.17) is 0 Å². The molecule has 0 aliphatic heterocycles. The SMILES string of the molecule is CCCCCCC(C)(C)CC(=O)[P+](=O)c1ccccc1. The minimum atomic E-state index is -1.91. The van der Waals surface area contributed by atoms with Gasteiger partial charge in [-0.3, -0.25) is 0 Å². The van der Waals surface area contributed by atoms with Gasteiger partial charge in [-0.1, -0.05) is 69.2 Å². The van der Waals surface area contributed by atoms with E-state index in [1.54, 1.807) is 12.1 Å². The lowest BCUT2D eigenvalue weighted by Gasteiger charge is -2.21. The third kappa shape index (κ3) is 5.96. The molecule has 0 aliphatic rings. The molecule has 0 radical (unpaired) electrons. The van der Waals surface area contributed by atoms with Crippen molar-refractivity contribution in [1.29, 1.82) is 0 Å². The Morgan fingerprint density at radius 2 is 1.75 bits per heavy atom. The predicted molar refractivity (Wildman–Crippen MR) is 85.8 cm³/mol. The zero-order chi connectivity index (χ0) is 15.0. The summed E-state index contributed by atoms with van der Waals surface area (Å²) in [4.78, 5) is 12.2. The van der Waals surface area contributed by atoms with E-state index in [1.807, 2.05) is 18.2 Å². The highest BCUT2D eigenvalue weighted by molar-refractivity contribution is 7.70. The van der Waals surface area contributed by atoms with Gasteiger partial charge < -0.3 is 0 Å². The Balaban J connectivity index is 2.50. The Morgan fingerprint density at radius 1 is 1.10 bits per heavy atom. The second-order valence-corrected chi connectivity index (χ2v) is 7.78. The summed E-state index contributed by atoms with van der Waals surface area (Å²) in [5, 5.41) is 0.647. The molecule has 0 N–H and O–H groups in total. The first-order chi connectivity index (χ1) is 9.46. The van der Waals surface area contributed by atoms with E-state index in [2.05, 4.69) is 20.8 Å². The average molecular weight is 293 g/mol. The fraction of sp³-hybridized carbons (Fsp3) is 0.588. The normalized spacial score (nSPS) is 12.2. The van der Waals surface area contributed by atoms with Crippen LogP contribution in [0, 0.1) is 5.41 Å². The van der Waals surface area contributed by atoms with E-state index in [0.29, 0.717) is 11.7 Å². The molecule has 1 atom stereocenters. The maximum atomic E-state index is 12.2. The zero-order valence-corrected chi connectivity index (χ0v) is 13.8. The molecule has 0 aliphatic carbocycles. The third-order valence-electron chi connectivity index (χ3n) is 3.55. The minimum absolute atomic E-state index is 0.0510. The highest BCUT2D eigenvalue weighted by atomic mass is 31.1. The molecule has 1 aromatic carbocycles. The maximum absolute atomic E-state index is 12.2. The number of benzene rings is 1. The molecule has 0 saturated heterocycles. The van der Waals surface area contributed by atoms with Crippen molar-refractivity contribution in [2.24, 2.45) is 5.41 Å². The van der Waals surface area contributed by atoms with Gasteiger partial charge in [0.15, 0.2) is 5.30 Å². The molecular weight excluding hydrogens is 267 g/mol. The summed E-state index contributed by atoms with van der Waals surface area (Å²) in [6.07, 6.45) is 6.27. The van der Waals surface area contributed by atoms with E-state index in [0.717, 1.165) is 12.8 Å². The Hall–Kier alpha value is -1.01. The van der Waals surface area contributed by atoms with Crippen LogP contribution in [0.4, 0.5) is 0 Å². The molecule has 0 amide bonds. The van der Waals surface area contributed by atoms with Crippen LogP contribution in [0.3, 0.4) is 0 Å². The molecule has 0 heterocycles. The Morgan fingerprint density at radius 3 is 2.35 bits per heavy atom. The van der Waals surface area contributed by atoms with Crippen molar-refractivity contribution in [3.63, 3.8) is 0 Å². The van der Waals surface area contributed by atoms with Crippen molar-refractivity contribution >= 4 is 18.6 Å². The van der Waals surface area contributed by atoms with Gasteiger partial charge in [0.1, 0.15) is 0 Å². The molecule has 20 heavy (non-hydrogen) atoms. The summed E-state index contributed by atoms with van der Waals surface area (Å²) in [5.74, 6) is 0. The van der Waals surface area contributed by atoms with Gasteiger partial charge in [0.2, 0.25) is 0 Å². The van der Waals surface area contributed by atoms with Crippen molar-refractivity contribution < 1.29 is 9.36 Å². The fourth-order valence-corrected chi connectivity index (χ4v) is 3.61. The third-order valence-corrected chi connectivity index (χ3v) is 4.93. The van der Waals surface area contributed by atoms with Crippen LogP contribution in [0.25, 0.3) is 0 Å². The van der Waals surface area contributed by atoms with Gasteiger partial charge >= 0.3 is 13.3 Å². The molecule has 0 aromatic heterocycles. The second-order valence-electron chi connectivity index (χ2n) is 6.18. The van der Waals surface area contributed by atoms with E-state index in [1.165, 1.54) is 19.3 Å². The van der Waals surface area contributed by atoms with Gasteiger partial charge in [0, 0.05) is 0 Å². The first-order valence-electron chi connectivity index (χ1n) is 7.51. The summed E-state index contributed by atoms with van der Waals surface area (Å²) in [6, 6.07) is 9.06. The molecule has 0 saturated carbocycles. The number of rotatable bonds is 9. The Labute approximate surface area is 123 Å². The van der Waals surface area contributed by atoms with Crippen molar-refractivity contribution in [3.8, 4) is 0 Å². The molecule has 1 rings (SSSR count). The summed E-state index contributed by atoms with van der Waals surface area (Å²) in [5.41, 5.74) is -0.170. The molecule has 0 bridgehead atoms. The first kappa shape index (κ1) is 17.0. The van der Waals surface area contributed by atoms with Gasteiger partial charge in [-0.15, -0.1) is 0 Å². The molecule has 3 heteroatoms. The lowest BCUT2D eigenvalue weighted by molar-refractivity contribution is -0.113. The smallest absolute Gasteiger partial charge is 0.240 e. The number of unbranched alkanes of at least 4 members (excludes halogenated alkanes) is 3. The summed E-state index contributed by atoms with van der Waals surface area (Å²) in [7, 11) is -1.91. The molecule has 2 nitrogen and oxygen atoms in total.